The van der Waals surface area contributed by atoms with Crippen molar-refractivity contribution in [2.24, 2.45) is 0 Å². The molecular weight excluding hydrogens is 379 g/mol. The summed E-state index contributed by atoms with van der Waals surface area (Å²) >= 11 is -1.22. The maximum absolute atomic E-state index is 12.8. The van der Waals surface area contributed by atoms with Crippen LogP contribution >= 0.6 is 0 Å². The van der Waals surface area contributed by atoms with Gasteiger partial charge in [-0.15, -0.1) is 0 Å². The summed E-state index contributed by atoms with van der Waals surface area (Å²) in [5, 5.41) is 13.0. The van der Waals surface area contributed by atoms with Crippen LogP contribution in [0.25, 0.3) is 11.4 Å². The first kappa shape index (κ1) is 18.5. The van der Waals surface area contributed by atoms with E-state index in [2.05, 4.69) is 15.3 Å². The van der Waals surface area contributed by atoms with E-state index in [1.165, 1.54) is 12.1 Å². The molecule has 1 aromatic carbocycles. The average Bonchev–Trinajstić information content (AvgIpc) is 2.99. The molecule has 4 rings (SSSR count). The molecule has 1 atom stereocenters. The Hall–Kier alpha value is -1.84. The predicted molar refractivity (Wildman–Crippen MR) is 94.7 cm³/mol. The first-order valence-electron chi connectivity index (χ1n) is 8.67. The van der Waals surface area contributed by atoms with Gasteiger partial charge in [0.25, 0.3) is 0 Å². The Labute approximate surface area is 157 Å². The molecule has 9 heteroatoms. The number of nitrogens with one attached hydrogen (secondary N) is 1. The number of hydrogen-bond donors (Lipinski definition) is 2. The van der Waals surface area contributed by atoms with E-state index in [0.29, 0.717) is 34.1 Å². The molecular formula is C18H18F3N3O2S. The number of aromatic nitrogens is 2. The van der Waals surface area contributed by atoms with Crippen LogP contribution in [0, 0.1) is 0 Å². The molecule has 1 saturated carbocycles. The van der Waals surface area contributed by atoms with Crippen LogP contribution < -0.4 is 5.32 Å². The second-order valence-electron chi connectivity index (χ2n) is 6.96. The Morgan fingerprint density at radius 1 is 1.19 bits per heavy atom. The highest BCUT2D eigenvalue weighted by molar-refractivity contribution is 7.91. The summed E-state index contributed by atoms with van der Waals surface area (Å²) in [7, 11) is 0. The van der Waals surface area contributed by atoms with E-state index in [9.17, 15) is 22.8 Å². The molecule has 5 nitrogen and oxygen atoms in total. The average molecular weight is 397 g/mol. The Balaban J connectivity index is 1.73. The third kappa shape index (κ3) is 3.39. The van der Waals surface area contributed by atoms with Crippen molar-refractivity contribution in [3.8, 4) is 11.4 Å². The smallest absolute Gasteiger partial charge is 0.416 e. The minimum absolute atomic E-state index is 0.0615. The molecule has 0 bridgehead atoms. The van der Waals surface area contributed by atoms with Crippen molar-refractivity contribution in [1.29, 1.82) is 0 Å². The zero-order chi connectivity index (χ0) is 19.2. The molecule has 0 amide bonds. The number of alkyl halides is 3. The fourth-order valence-electron chi connectivity index (χ4n) is 3.40. The molecule has 1 aromatic heterocycles. The molecule has 0 spiro atoms. The van der Waals surface area contributed by atoms with Gasteiger partial charge >= 0.3 is 6.18 Å². The van der Waals surface area contributed by atoms with Crippen LogP contribution in [0.2, 0.25) is 0 Å². The molecule has 2 aromatic rings. The zero-order valence-electron chi connectivity index (χ0n) is 14.3. The number of anilines is 1. The van der Waals surface area contributed by atoms with Crippen molar-refractivity contribution in [1.82, 2.24) is 9.97 Å². The molecule has 27 heavy (non-hydrogen) atoms. The van der Waals surface area contributed by atoms with Crippen molar-refractivity contribution in [2.45, 2.75) is 42.3 Å². The predicted octanol–water partition coefficient (Wildman–Crippen LogP) is 3.15. The van der Waals surface area contributed by atoms with E-state index in [0.717, 1.165) is 31.4 Å². The Morgan fingerprint density at radius 2 is 1.89 bits per heavy atom. The van der Waals surface area contributed by atoms with Gasteiger partial charge in [-0.3, -0.25) is 0 Å². The lowest BCUT2D eigenvalue weighted by Crippen LogP contribution is -2.48. The minimum Gasteiger partial charge on any atom is -0.611 e. The van der Waals surface area contributed by atoms with E-state index in [1.807, 2.05) is 0 Å². The molecule has 2 heterocycles. The highest BCUT2D eigenvalue weighted by Crippen LogP contribution is 2.39. The van der Waals surface area contributed by atoms with Crippen LogP contribution in [0.5, 0.6) is 0 Å². The number of aryl methyl sites for hydroxylation is 1. The Kier molecular flexibility index (Phi) is 4.56. The number of aliphatic hydroxyl groups excluding tert-OH is 1. The topological polar surface area (TPSA) is 81.1 Å². The summed E-state index contributed by atoms with van der Waals surface area (Å²) < 4.78 is 50.7. The van der Waals surface area contributed by atoms with Crippen LogP contribution in [0.15, 0.2) is 29.2 Å². The van der Waals surface area contributed by atoms with E-state index >= 15 is 0 Å². The van der Waals surface area contributed by atoms with Crippen LogP contribution in [-0.2, 0) is 23.8 Å². The molecule has 2 N–H and O–H groups in total. The van der Waals surface area contributed by atoms with Gasteiger partial charge in [0.1, 0.15) is 11.4 Å². The van der Waals surface area contributed by atoms with E-state index in [4.69, 9.17) is 0 Å². The van der Waals surface area contributed by atoms with Gasteiger partial charge in [0.2, 0.25) is 4.90 Å². The second-order valence-corrected chi connectivity index (χ2v) is 8.47. The maximum atomic E-state index is 12.8. The number of rotatable bonds is 4. The third-order valence-corrected chi connectivity index (χ3v) is 6.61. The summed E-state index contributed by atoms with van der Waals surface area (Å²) in [6, 6.07) is 4.67. The van der Waals surface area contributed by atoms with Crippen LogP contribution in [0.1, 0.15) is 30.5 Å². The van der Waals surface area contributed by atoms with Crippen molar-refractivity contribution in [3.05, 3.63) is 35.5 Å². The van der Waals surface area contributed by atoms with E-state index < -0.39 is 28.5 Å². The van der Waals surface area contributed by atoms with Gasteiger partial charge in [0, 0.05) is 12.0 Å². The van der Waals surface area contributed by atoms with Gasteiger partial charge in [0.05, 0.1) is 17.7 Å². The first-order chi connectivity index (χ1) is 12.8. The largest absolute Gasteiger partial charge is 0.611 e. The molecule has 1 aliphatic heterocycles. The molecule has 0 saturated heterocycles. The fourth-order valence-corrected chi connectivity index (χ4v) is 4.70. The fraction of sp³-hybridized carbons (Fsp3) is 0.444. The maximum Gasteiger partial charge on any atom is 0.416 e. The summed E-state index contributed by atoms with van der Waals surface area (Å²) in [5.74, 6) is 1.15. The molecule has 144 valence electrons. The van der Waals surface area contributed by atoms with Gasteiger partial charge < -0.3 is 15.0 Å². The van der Waals surface area contributed by atoms with Crippen molar-refractivity contribution < 1.29 is 22.8 Å². The normalized spacial score (nSPS) is 20.9. The van der Waals surface area contributed by atoms with Gasteiger partial charge in [-0.05, 0) is 42.6 Å². The lowest BCUT2D eigenvalue weighted by Gasteiger charge is -2.41. The number of benzene rings is 1. The monoisotopic (exact) mass is 397 g/mol. The van der Waals surface area contributed by atoms with Crippen molar-refractivity contribution in [3.63, 3.8) is 0 Å². The summed E-state index contributed by atoms with van der Waals surface area (Å²) in [4.78, 5) is 9.45. The molecule has 1 aliphatic carbocycles. The molecule has 1 fully saturated rings. The summed E-state index contributed by atoms with van der Waals surface area (Å²) in [5.41, 5.74) is -0.112. The molecule has 2 aliphatic rings. The van der Waals surface area contributed by atoms with Crippen LogP contribution in [-0.4, -0.2) is 37.5 Å². The van der Waals surface area contributed by atoms with Gasteiger partial charge in [-0.25, -0.2) is 9.97 Å². The first-order valence-corrected chi connectivity index (χ1v) is 9.99. The lowest BCUT2D eigenvalue weighted by molar-refractivity contribution is -0.137. The molecule has 0 radical (unpaired) electrons. The second kappa shape index (κ2) is 6.65. The van der Waals surface area contributed by atoms with E-state index in [1.54, 1.807) is 0 Å². The van der Waals surface area contributed by atoms with Crippen molar-refractivity contribution in [2.75, 3.05) is 17.7 Å². The zero-order valence-corrected chi connectivity index (χ0v) is 15.2. The summed E-state index contributed by atoms with van der Waals surface area (Å²) in [6.07, 6.45) is -1.33. The number of nitrogens with zero attached hydrogens (tertiary/aromatic N) is 2. The third-order valence-electron chi connectivity index (χ3n) is 5.15. The molecule has 0 unspecified atom stereocenters. The van der Waals surface area contributed by atoms with Gasteiger partial charge in [-0.1, -0.05) is 12.1 Å². The van der Waals surface area contributed by atoms with Gasteiger partial charge in [0.15, 0.2) is 11.6 Å². The number of aliphatic hydroxyl groups is 1. The Bertz CT molecular complexity index is 849. The van der Waals surface area contributed by atoms with Crippen LogP contribution in [0.4, 0.5) is 19.0 Å². The standard InChI is InChI=1S/C18H18F3N3O2S/c19-18(20,21)12-4-2-11(3-5-12)15-22-13-6-9-27(26)14(13)16(23-15)24-17(10-25)7-1-8-17/h2-5,25H,1,6-10H2,(H,22,23,24)/t27-/m1/s1. The minimum atomic E-state index is -4.40. The number of halogens is 3. The quantitative estimate of drug-likeness (QED) is 0.775. The van der Waals surface area contributed by atoms with Crippen LogP contribution in [0.3, 0.4) is 0 Å². The SMILES string of the molecule is [O-][S@+]1CCc2nc(-c3ccc(C(F)(F)F)cc3)nc(NC3(CO)CCC3)c21. The summed E-state index contributed by atoms with van der Waals surface area (Å²) in [6.45, 7) is -0.0615. The highest BCUT2D eigenvalue weighted by atomic mass is 32.2. The van der Waals surface area contributed by atoms with Crippen molar-refractivity contribution >= 4 is 17.0 Å². The number of fused-ring (bicyclic) bond motifs is 1. The number of hydrogen-bond acceptors (Lipinski definition) is 5. The highest BCUT2D eigenvalue weighted by Gasteiger charge is 2.40. The van der Waals surface area contributed by atoms with E-state index in [-0.39, 0.29) is 12.4 Å². The Morgan fingerprint density at radius 3 is 2.44 bits per heavy atom. The van der Waals surface area contributed by atoms with Gasteiger partial charge in [-0.2, -0.15) is 13.2 Å². The lowest BCUT2D eigenvalue weighted by atomic mass is 9.77.